The van der Waals surface area contributed by atoms with Crippen molar-refractivity contribution >= 4 is 5.91 Å². The van der Waals surface area contributed by atoms with Gasteiger partial charge in [0, 0.05) is 19.3 Å². The lowest BCUT2D eigenvalue weighted by atomic mass is 9.83. The van der Waals surface area contributed by atoms with Crippen LogP contribution in [0.2, 0.25) is 0 Å². The van der Waals surface area contributed by atoms with Crippen molar-refractivity contribution in [3.63, 3.8) is 0 Å². The van der Waals surface area contributed by atoms with Crippen LogP contribution in [0.25, 0.3) is 0 Å². The van der Waals surface area contributed by atoms with E-state index in [9.17, 15) is 13.6 Å². The molecule has 5 nitrogen and oxygen atoms in total. The van der Waals surface area contributed by atoms with Gasteiger partial charge < -0.3 is 15.2 Å². The van der Waals surface area contributed by atoms with E-state index in [0.29, 0.717) is 31.1 Å². The highest BCUT2D eigenvalue weighted by atomic mass is 19.1. The molecule has 1 amide bonds. The number of nitrogens with two attached hydrogens (primary N) is 1. The van der Waals surface area contributed by atoms with E-state index in [0.717, 1.165) is 25.0 Å². The van der Waals surface area contributed by atoms with Gasteiger partial charge >= 0.3 is 0 Å². The third-order valence-corrected chi connectivity index (χ3v) is 5.55. The van der Waals surface area contributed by atoms with E-state index in [2.05, 4.69) is 4.98 Å². The molecule has 1 aromatic heterocycles. The van der Waals surface area contributed by atoms with E-state index in [1.54, 1.807) is 12.1 Å². The molecular weight excluding hydrogens is 342 g/mol. The van der Waals surface area contributed by atoms with E-state index >= 15 is 0 Å². The summed E-state index contributed by atoms with van der Waals surface area (Å²) in [5.74, 6) is -1.67. The SMILES string of the molecule is NC(=O)C1(c2ccc(Oc3ccc(F)cc3F)cn2)CC12CCOCC2. The Morgan fingerprint density at radius 1 is 1.19 bits per heavy atom. The fraction of sp³-hybridized carbons (Fsp3) is 0.368. The molecule has 1 atom stereocenters. The van der Waals surface area contributed by atoms with Crippen molar-refractivity contribution in [3.05, 3.63) is 53.9 Å². The van der Waals surface area contributed by atoms with Gasteiger partial charge in [0.1, 0.15) is 11.6 Å². The van der Waals surface area contributed by atoms with Crippen LogP contribution in [0.4, 0.5) is 8.78 Å². The Kier molecular flexibility index (Phi) is 3.91. The number of rotatable bonds is 4. The van der Waals surface area contributed by atoms with E-state index in [1.165, 1.54) is 12.3 Å². The largest absolute Gasteiger partial charge is 0.453 e. The van der Waals surface area contributed by atoms with Crippen molar-refractivity contribution in [2.45, 2.75) is 24.7 Å². The number of amides is 1. The average molecular weight is 360 g/mol. The van der Waals surface area contributed by atoms with E-state index in [1.807, 2.05) is 0 Å². The molecule has 26 heavy (non-hydrogen) atoms. The molecular formula is C19H18F2N2O3. The summed E-state index contributed by atoms with van der Waals surface area (Å²) in [7, 11) is 0. The van der Waals surface area contributed by atoms with Crippen LogP contribution in [0.5, 0.6) is 11.5 Å². The van der Waals surface area contributed by atoms with Crippen molar-refractivity contribution in [3.8, 4) is 11.5 Å². The molecule has 4 rings (SSSR count). The van der Waals surface area contributed by atoms with Crippen LogP contribution in [-0.2, 0) is 14.9 Å². The van der Waals surface area contributed by atoms with Gasteiger partial charge in [-0.25, -0.2) is 8.78 Å². The first-order valence-electron chi connectivity index (χ1n) is 8.44. The van der Waals surface area contributed by atoms with Crippen molar-refractivity contribution < 1.29 is 23.0 Å². The molecule has 0 radical (unpaired) electrons. The molecule has 2 aromatic rings. The number of ether oxygens (including phenoxy) is 2. The van der Waals surface area contributed by atoms with Gasteiger partial charge in [0.15, 0.2) is 11.6 Å². The van der Waals surface area contributed by atoms with E-state index < -0.39 is 17.0 Å². The maximum absolute atomic E-state index is 13.7. The van der Waals surface area contributed by atoms with Gasteiger partial charge in [-0.15, -0.1) is 0 Å². The highest BCUT2D eigenvalue weighted by Crippen LogP contribution is 2.69. The molecule has 7 heteroatoms. The fourth-order valence-electron chi connectivity index (χ4n) is 4.04. The first-order chi connectivity index (χ1) is 12.5. The number of pyridine rings is 1. The van der Waals surface area contributed by atoms with Crippen molar-refractivity contribution in [2.24, 2.45) is 11.1 Å². The first kappa shape index (κ1) is 16.9. The highest BCUT2D eigenvalue weighted by Gasteiger charge is 2.72. The predicted octanol–water partition coefficient (Wildman–Crippen LogP) is 3.08. The van der Waals surface area contributed by atoms with Gasteiger partial charge in [-0.05, 0) is 48.9 Å². The van der Waals surface area contributed by atoms with Crippen LogP contribution in [0.15, 0.2) is 36.5 Å². The summed E-state index contributed by atoms with van der Waals surface area (Å²) < 4.78 is 37.5. The minimum absolute atomic E-state index is 0.0992. The highest BCUT2D eigenvalue weighted by molar-refractivity contribution is 5.91. The molecule has 1 saturated heterocycles. The zero-order valence-electron chi connectivity index (χ0n) is 14.0. The maximum Gasteiger partial charge on any atom is 0.230 e. The Hall–Kier alpha value is -2.54. The molecule has 2 heterocycles. The number of hydrogen-bond donors (Lipinski definition) is 1. The summed E-state index contributed by atoms with van der Waals surface area (Å²) in [6.45, 7) is 1.22. The Morgan fingerprint density at radius 3 is 2.58 bits per heavy atom. The smallest absolute Gasteiger partial charge is 0.230 e. The quantitative estimate of drug-likeness (QED) is 0.909. The van der Waals surface area contributed by atoms with Crippen molar-refractivity contribution in [2.75, 3.05) is 13.2 Å². The van der Waals surface area contributed by atoms with E-state index in [-0.39, 0.29) is 17.1 Å². The first-order valence-corrected chi connectivity index (χ1v) is 8.44. The average Bonchev–Trinajstić information content (AvgIpc) is 3.27. The number of nitrogens with zero attached hydrogens (tertiary/aromatic N) is 1. The second-order valence-electron chi connectivity index (χ2n) is 6.90. The van der Waals surface area contributed by atoms with Crippen LogP contribution in [-0.4, -0.2) is 24.1 Å². The van der Waals surface area contributed by atoms with Gasteiger partial charge in [0.2, 0.25) is 5.91 Å². The molecule has 136 valence electrons. The van der Waals surface area contributed by atoms with Gasteiger partial charge in [-0.3, -0.25) is 9.78 Å². The third-order valence-electron chi connectivity index (χ3n) is 5.55. The number of carbonyl (C=O) groups excluding carboxylic acids is 1. The lowest BCUT2D eigenvalue weighted by Gasteiger charge is -2.27. The van der Waals surface area contributed by atoms with Crippen LogP contribution in [0, 0.1) is 17.0 Å². The summed E-state index contributed by atoms with van der Waals surface area (Å²) in [6, 6.07) is 6.37. The third kappa shape index (κ3) is 2.54. The molecule has 1 aliphatic heterocycles. The summed E-state index contributed by atoms with van der Waals surface area (Å²) in [6.07, 6.45) is 3.64. The Balaban J connectivity index is 1.58. The van der Waals surface area contributed by atoms with Gasteiger partial charge in [0.25, 0.3) is 0 Å². The summed E-state index contributed by atoms with van der Waals surface area (Å²) >= 11 is 0. The lowest BCUT2D eigenvalue weighted by molar-refractivity contribution is -0.122. The van der Waals surface area contributed by atoms with E-state index in [4.69, 9.17) is 15.2 Å². The van der Waals surface area contributed by atoms with Crippen LogP contribution in [0.3, 0.4) is 0 Å². The Labute approximate surface area is 149 Å². The molecule has 2 aliphatic rings. The van der Waals surface area contributed by atoms with Crippen molar-refractivity contribution in [1.82, 2.24) is 4.98 Å². The second-order valence-corrected chi connectivity index (χ2v) is 6.90. The second kappa shape index (κ2) is 6.02. The molecule has 1 unspecified atom stereocenters. The molecule has 1 aromatic carbocycles. The normalized spacial score (nSPS) is 23.6. The summed E-state index contributed by atoms with van der Waals surface area (Å²) in [4.78, 5) is 16.6. The maximum atomic E-state index is 13.7. The van der Waals surface area contributed by atoms with Gasteiger partial charge in [-0.2, -0.15) is 0 Å². The standard InChI is InChI=1S/C19H18F2N2O3/c20-12-1-3-15(14(21)9-12)26-13-2-4-16(23-10-13)19(17(22)24)11-18(19)5-7-25-8-6-18/h1-4,9-10H,5-8,11H2,(H2,22,24). The number of hydrogen-bond acceptors (Lipinski definition) is 4. The van der Waals surface area contributed by atoms with Gasteiger partial charge in [-0.1, -0.05) is 0 Å². The number of benzene rings is 1. The van der Waals surface area contributed by atoms with Gasteiger partial charge in [0.05, 0.1) is 17.3 Å². The minimum Gasteiger partial charge on any atom is -0.453 e. The molecule has 1 aliphatic carbocycles. The number of carbonyl (C=O) groups is 1. The topological polar surface area (TPSA) is 74.4 Å². The Morgan fingerprint density at radius 2 is 1.96 bits per heavy atom. The summed E-state index contributed by atoms with van der Waals surface area (Å²) in [5, 5.41) is 0. The van der Waals surface area contributed by atoms with Crippen LogP contribution >= 0.6 is 0 Å². The minimum atomic E-state index is -0.800. The Bertz CT molecular complexity index is 850. The molecule has 2 fully saturated rings. The molecule has 1 saturated carbocycles. The lowest BCUT2D eigenvalue weighted by Crippen LogP contribution is -2.37. The molecule has 1 spiro atoms. The zero-order valence-corrected chi connectivity index (χ0v) is 14.0. The number of halogens is 2. The van der Waals surface area contributed by atoms with Crippen LogP contribution in [0.1, 0.15) is 25.0 Å². The number of aromatic nitrogens is 1. The van der Waals surface area contributed by atoms with Crippen LogP contribution < -0.4 is 10.5 Å². The van der Waals surface area contributed by atoms with Crippen molar-refractivity contribution in [1.29, 1.82) is 0 Å². The fourth-order valence-corrected chi connectivity index (χ4v) is 4.04. The zero-order chi connectivity index (χ0) is 18.4. The summed E-state index contributed by atoms with van der Waals surface area (Å²) in [5.41, 5.74) is 5.36. The monoisotopic (exact) mass is 360 g/mol. The molecule has 0 bridgehead atoms. The molecule has 2 N–H and O–H groups in total. The number of primary amides is 1. The predicted molar refractivity (Wildman–Crippen MR) is 88.6 cm³/mol.